The lowest BCUT2D eigenvalue weighted by atomic mass is 9.96. The van der Waals surface area contributed by atoms with Gasteiger partial charge < -0.3 is 10.2 Å². The van der Waals surface area contributed by atoms with Crippen LogP contribution in [0, 0.1) is 18.7 Å². The molecule has 0 saturated carbocycles. The van der Waals surface area contributed by atoms with Crippen molar-refractivity contribution in [1.82, 2.24) is 25.1 Å². The summed E-state index contributed by atoms with van der Waals surface area (Å²) in [6, 6.07) is 18.1. The Morgan fingerprint density at radius 3 is 2.55 bits per heavy atom. The molecule has 0 unspecified atom stereocenters. The molecule has 168 valence electrons. The molecule has 5 rings (SSSR count). The lowest BCUT2D eigenvalue weighted by molar-refractivity contribution is -0.125. The molecule has 1 fully saturated rings. The fraction of sp³-hybridized carbons (Fsp3) is 0.280. The van der Waals surface area contributed by atoms with Gasteiger partial charge in [0.2, 0.25) is 5.91 Å². The molecule has 2 aromatic carbocycles. The molecule has 0 spiro atoms. The van der Waals surface area contributed by atoms with Gasteiger partial charge in [0.1, 0.15) is 11.6 Å². The standard InChI is InChI=1S/C25H25FN6O/c1-17-4-2-3-5-21(17)24-29-28-22-10-11-23(30-32(22)24)31-14-12-19(13-15-31)25(33)27-16-18-6-8-20(26)9-7-18/h2-11,19H,12-16H2,1H3,(H,27,33). The van der Waals surface area contributed by atoms with Crippen molar-refractivity contribution in [2.24, 2.45) is 5.92 Å². The number of hydrogen-bond acceptors (Lipinski definition) is 5. The second-order valence-corrected chi connectivity index (χ2v) is 8.41. The number of hydrogen-bond donors (Lipinski definition) is 1. The van der Waals surface area contributed by atoms with Gasteiger partial charge >= 0.3 is 0 Å². The fourth-order valence-electron chi connectivity index (χ4n) is 4.25. The lowest BCUT2D eigenvalue weighted by Gasteiger charge is -2.32. The molecule has 1 N–H and O–H groups in total. The zero-order chi connectivity index (χ0) is 22.8. The van der Waals surface area contributed by atoms with Gasteiger partial charge in [-0.1, -0.05) is 36.4 Å². The number of anilines is 1. The van der Waals surface area contributed by atoms with Crippen molar-refractivity contribution in [1.29, 1.82) is 0 Å². The molecule has 1 amide bonds. The number of amides is 1. The molecular weight excluding hydrogens is 419 g/mol. The molecule has 8 heteroatoms. The summed E-state index contributed by atoms with van der Waals surface area (Å²) in [5, 5.41) is 16.4. The second-order valence-electron chi connectivity index (χ2n) is 8.41. The zero-order valence-electron chi connectivity index (χ0n) is 18.4. The molecule has 0 atom stereocenters. The molecule has 0 radical (unpaired) electrons. The molecule has 7 nitrogen and oxygen atoms in total. The predicted octanol–water partition coefficient (Wildman–Crippen LogP) is 3.77. The lowest BCUT2D eigenvalue weighted by Crippen LogP contribution is -2.40. The first-order valence-electron chi connectivity index (χ1n) is 11.1. The average Bonchev–Trinajstić information content (AvgIpc) is 3.27. The van der Waals surface area contributed by atoms with Gasteiger partial charge in [-0.25, -0.2) is 4.39 Å². The summed E-state index contributed by atoms with van der Waals surface area (Å²) in [5.74, 6) is 1.30. The maximum absolute atomic E-state index is 13.0. The predicted molar refractivity (Wildman–Crippen MR) is 124 cm³/mol. The van der Waals surface area contributed by atoms with Gasteiger partial charge in [-0.15, -0.1) is 15.3 Å². The number of aryl methyl sites for hydroxylation is 1. The maximum Gasteiger partial charge on any atom is 0.223 e. The van der Waals surface area contributed by atoms with Gasteiger partial charge in [0.05, 0.1) is 0 Å². The van der Waals surface area contributed by atoms with Gasteiger partial charge in [0, 0.05) is 31.1 Å². The Morgan fingerprint density at radius 2 is 1.79 bits per heavy atom. The molecule has 1 saturated heterocycles. The van der Waals surface area contributed by atoms with E-state index in [-0.39, 0.29) is 17.6 Å². The summed E-state index contributed by atoms with van der Waals surface area (Å²) in [7, 11) is 0. The Morgan fingerprint density at radius 1 is 1.03 bits per heavy atom. The Bertz CT molecular complexity index is 1280. The first-order valence-corrected chi connectivity index (χ1v) is 11.1. The van der Waals surface area contributed by atoms with Crippen molar-refractivity contribution < 1.29 is 9.18 Å². The highest BCUT2D eigenvalue weighted by atomic mass is 19.1. The van der Waals surface area contributed by atoms with Crippen molar-refractivity contribution in [3.63, 3.8) is 0 Å². The Hall–Kier alpha value is -3.81. The highest BCUT2D eigenvalue weighted by molar-refractivity contribution is 5.79. The number of halogens is 1. The minimum atomic E-state index is -0.276. The van der Waals surface area contributed by atoms with E-state index in [2.05, 4.69) is 20.4 Å². The van der Waals surface area contributed by atoms with E-state index in [9.17, 15) is 9.18 Å². The Balaban J connectivity index is 1.25. The van der Waals surface area contributed by atoms with Gasteiger partial charge in [-0.05, 0) is 55.2 Å². The maximum atomic E-state index is 13.0. The van der Waals surface area contributed by atoms with Crippen LogP contribution < -0.4 is 10.2 Å². The summed E-state index contributed by atoms with van der Waals surface area (Å²) >= 11 is 0. The van der Waals surface area contributed by atoms with Crippen molar-refractivity contribution >= 4 is 17.4 Å². The van der Waals surface area contributed by atoms with E-state index in [1.54, 1.807) is 16.6 Å². The summed E-state index contributed by atoms with van der Waals surface area (Å²) in [6.07, 6.45) is 1.50. The van der Waals surface area contributed by atoms with E-state index in [4.69, 9.17) is 5.10 Å². The van der Waals surface area contributed by atoms with Crippen LogP contribution in [-0.4, -0.2) is 38.8 Å². The number of aromatic nitrogens is 4. The van der Waals surface area contributed by atoms with Crippen LogP contribution in [0.15, 0.2) is 60.7 Å². The summed E-state index contributed by atoms with van der Waals surface area (Å²) in [5.41, 5.74) is 3.71. The van der Waals surface area contributed by atoms with Crippen LogP contribution in [0.1, 0.15) is 24.0 Å². The van der Waals surface area contributed by atoms with Gasteiger partial charge in [0.15, 0.2) is 11.5 Å². The number of fused-ring (bicyclic) bond motifs is 1. The zero-order valence-corrected chi connectivity index (χ0v) is 18.4. The van der Waals surface area contributed by atoms with E-state index in [0.717, 1.165) is 54.3 Å². The number of nitrogens with zero attached hydrogens (tertiary/aromatic N) is 5. The molecule has 4 aromatic rings. The van der Waals surface area contributed by atoms with Crippen LogP contribution >= 0.6 is 0 Å². The van der Waals surface area contributed by atoms with E-state index in [1.807, 2.05) is 43.3 Å². The van der Waals surface area contributed by atoms with Crippen LogP contribution in [0.2, 0.25) is 0 Å². The van der Waals surface area contributed by atoms with Crippen LogP contribution in [-0.2, 0) is 11.3 Å². The molecule has 2 aromatic heterocycles. The molecule has 1 aliphatic heterocycles. The fourth-order valence-corrected chi connectivity index (χ4v) is 4.25. The number of carbonyl (C=O) groups excluding carboxylic acids is 1. The molecule has 0 aliphatic carbocycles. The number of nitrogens with one attached hydrogen (secondary N) is 1. The van der Waals surface area contributed by atoms with Crippen molar-refractivity contribution in [2.75, 3.05) is 18.0 Å². The Labute approximate surface area is 191 Å². The van der Waals surface area contributed by atoms with Crippen LogP contribution in [0.4, 0.5) is 10.2 Å². The van der Waals surface area contributed by atoms with E-state index < -0.39 is 0 Å². The molecule has 33 heavy (non-hydrogen) atoms. The number of benzene rings is 2. The van der Waals surface area contributed by atoms with E-state index >= 15 is 0 Å². The molecule has 1 aliphatic rings. The van der Waals surface area contributed by atoms with Crippen molar-refractivity contribution in [3.8, 4) is 11.4 Å². The quantitative estimate of drug-likeness (QED) is 0.507. The third-order valence-electron chi connectivity index (χ3n) is 6.20. The minimum Gasteiger partial charge on any atom is -0.355 e. The number of carbonyl (C=O) groups is 1. The van der Waals surface area contributed by atoms with E-state index in [1.165, 1.54) is 12.1 Å². The van der Waals surface area contributed by atoms with Crippen LogP contribution in [0.25, 0.3) is 17.0 Å². The molecule has 3 heterocycles. The highest BCUT2D eigenvalue weighted by Gasteiger charge is 2.26. The third kappa shape index (κ3) is 4.41. The largest absolute Gasteiger partial charge is 0.355 e. The van der Waals surface area contributed by atoms with Crippen molar-refractivity contribution in [2.45, 2.75) is 26.3 Å². The monoisotopic (exact) mass is 444 g/mol. The normalized spacial score (nSPS) is 14.5. The second kappa shape index (κ2) is 8.97. The minimum absolute atomic E-state index is 0.0390. The SMILES string of the molecule is Cc1ccccc1-c1nnc2ccc(N3CCC(C(=O)NCc4ccc(F)cc4)CC3)nn12. The summed E-state index contributed by atoms with van der Waals surface area (Å²) in [6.45, 7) is 3.95. The smallest absolute Gasteiger partial charge is 0.223 e. The molecular formula is C25H25FN6O. The van der Waals surface area contributed by atoms with Crippen molar-refractivity contribution in [3.05, 3.63) is 77.6 Å². The van der Waals surface area contributed by atoms with Gasteiger partial charge in [-0.2, -0.15) is 4.52 Å². The van der Waals surface area contributed by atoms with E-state index in [0.29, 0.717) is 12.2 Å². The van der Waals surface area contributed by atoms with Crippen LogP contribution in [0.5, 0.6) is 0 Å². The molecule has 0 bridgehead atoms. The first kappa shape index (κ1) is 21.1. The number of rotatable bonds is 5. The van der Waals surface area contributed by atoms with Crippen LogP contribution in [0.3, 0.4) is 0 Å². The number of piperidine rings is 1. The van der Waals surface area contributed by atoms with Gasteiger partial charge in [-0.3, -0.25) is 4.79 Å². The Kier molecular flexibility index (Phi) is 5.73. The topological polar surface area (TPSA) is 75.4 Å². The first-order chi connectivity index (χ1) is 16.1. The highest BCUT2D eigenvalue weighted by Crippen LogP contribution is 2.25. The summed E-state index contributed by atoms with van der Waals surface area (Å²) < 4.78 is 14.8. The average molecular weight is 445 g/mol. The third-order valence-corrected chi connectivity index (χ3v) is 6.20. The summed E-state index contributed by atoms with van der Waals surface area (Å²) in [4.78, 5) is 14.8. The van der Waals surface area contributed by atoms with Gasteiger partial charge in [0.25, 0.3) is 0 Å².